The van der Waals surface area contributed by atoms with Crippen molar-refractivity contribution in [3.05, 3.63) is 0 Å². The fraction of sp³-hybridized carbons (Fsp3) is 1.00. The molecule has 0 aromatic heterocycles. The number of rotatable bonds is 7. The molecule has 0 aromatic rings. The van der Waals surface area contributed by atoms with Gasteiger partial charge in [-0.15, -0.1) is 0 Å². The van der Waals surface area contributed by atoms with Gasteiger partial charge in [0.15, 0.2) is 0 Å². The molecule has 0 aliphatic carbocycles. The van der Waals surface area contributed by atoms with Gasteiger partial charge in [-0.1, -0.05) is 13.3 Å². The molecule has 0 rings (SSSR count). The number of nitrogens with one attached hydrogen (secondary N) is 1. The Balaban J connectivity index is 4.18. The zero-order valence-electron chi connectivity index (χ0n) is 9.95. The van der Waals surface area contributed by atoms with Crippen molar-refractivity contribution in [1.82, 2.24) is 9.03 Å². The number of hydrogen-bond donors (Lipinski definition) is 2. The first-order valence-electron chi connectivity index (χ1n) is 5.12. The zero-order chi connectivity index (χ0) is 12.1. The Labute approximate surface area is 92.7 Å². The van der Waals surface area contributed by atoms with Crippen molar-refractivity contribution >= 4 is 10.2 Å². The van der Waals surface area contributed by atoms with Gasteiger partial charge < -0.3 is 5.11 Å². The highest BCUT2D eigenvalue weighted by Gasteiger charge is 2.21. The van der Waals surface area contributed by atoms with Gasteiger partial charge in [0.2, 0.25) is 0 Å². The number of aliphatic hydroxyl groups is 1. The fourth-order valence-electron chi connectivity index (χ4n) is 0.879. The van der Waals surface area contributed by atoms with E-state index >= 15 is 0 Å². The van der Waals surface area contributed by atoms with Gasteiger partial charge in [-0.3, -0.25) is 0 Å². The molecular weight excluding hydrogens is 216 g/mol. The summed E-state index contributed by atoms with van der Waals surface area (Å²) in [6, 6.07) is 0. The second-order valence-electron chi connectivity index (χ2n) is 4.31. The van der Waals surface area contributed by atoms with E-state index < -0.39 is 15.8 Å². The van der Waals surface area contributed by atoms with Gasteiger partial charge in [-0.2, -0.15) is 17.4 Å². The van der Waals surface area contributed by atoms with Crippen LogP contribution in [0.5, 0.6) is 0 Å². The smallest absolute Gasteiger partial charge is 0.279 e. The summed E-state index contributed by atoms with van der Waals surface area (Å²) in [6.07, 6.45) is 1.78. The largest absolute Gasteiger partial charge is 0.389 e. The van der Waals surface area contributed by atoms with Gasteiger partial charge in [0, 0.05) is 20.1 Å². The van der Waals surface area contributed by atoms with Crippen LogP contribution in [0.25, 0.3) is 0 Å². The average molecular weight is 238 g/mol. The first-order chi connectivity index (χ1) is 6.69. The lowest BCUT2D eigenvalue weighted by Crippen LogP contribution is -2.44. The van der Waals surface area contributed by atoms with Gasteiger partial charge >= 0.3 is 0 Å². The van der Waals surface area contributed by atoms with Crippen LogP contribution in [0.3, 0.4) is 0 Å². The maximum Gasteiger partial charge on any atom is 0.279 e. The van der Waals surface area contributed by atoms with E-state index in [0.717, 1.165) is 12.8 Å². The summed E-state index contributed by atoms with van der Waals surface area (Å²) in [6.45, 7) is 5.64. The van der Waals surface area contributed by atoms with Crippen LogP contribution in [0.1, 0.15) is 33.6 Å². The van der Waals surface area contributed by atoms with E-state index in [4.69, 9.17) is 0 Å². The monoisotopic (exact) mass is 238 g/mol. The summed E-state index contributed by atoms with van der Waals surface area (Å²) in [5.41, 5.74) is -1.03. The minimum atomic E-state index is -3.44. The number of nitrogens with zero attached hydrogens (tertiary/aromatic N) is 1. The van der Waals surface area contributed by atoms with E-state index in [9.17, 15) is 13.5 Å². The van der Waals surface area contributed by atoms with Crippen molar-refractivity contribution in [3.8, 4) is 0 Å². The van der Waals surface area contributed by atoms with Crippen molar-refractivity contribution in [2.75, 3.05) is 20.1 Å². The Bertz CT molecular complexity index is 270. The molecule has 0 spiro atoms. The molecule has 0 heterocycles. The summed E-state index contributed by atoms with van der Waals surface area (Å²) in [7, 11) is -1.91. The van der Waals surface area contributed by atoms with Crippen molar-refractivity contribution in [3.63, 3.8) is 0 Å². The summed E-state index contributed by atoms with van der Waals surface area (Å²) >= 11 is 0. The Kier molecular flexibility index (Phi) is 5.72. The lowest BCUT2D eigenvalue weighted by atomic mass is 10.1. The first kappa shape index (κ1) is 14.8. The van der Waals surface area contributed by atoms with E-state index in [2.05, 4.69) is 4.72 Å². The lowest BCUT2D eigenvalue weighted by Gasteiger charge is -2.21. The molecule has 0 aliphatic rings. The van der Waals surface area contributed by atoms with Crippen molar-refractivity contribution in [2.24, 2.45) is 0 Å². The van der Waals surface area contributed by atoms with E-state index in [-0.39, 0.29) is 6.54 Å². The molecule has 0 fully saturated rings. The molecule has 15 heavy (non-hydrogen) atoms. The van der Waals surface area contributed by atoms with Crippen LogP contribution in [0.4, 0.5) is 0 Å². The SMILES string of the molecule is CCCCN(C)S(=O)(=O)NCC(C)(C)O. The molecule has 0 radical (unpaired) electrons. The van der Waals surface area contributed by atoms with Crippen molar-refractivity contribution in [2.45, 2.75) is 39.2 Å². The Morgan fingerprint density at radius 2 is 1.93 bits per heavy atom. The van der Waals surface area contributed by atoms with Crippen LogP contribution < -0.4 is 4.72 Å². The quantitative estimate of drug-likeness (QED) is 0.671. The van der Waals surface area contributed by atoms with Crippen LogP contribution in [0.2, 0.25) is 0 Å². The number of hydrogen-bond acceptors (Lipinski definition) is 3. The molecule has 0 unspecified atom stereocenters. The highest BCUT2D eigenvalue weighted by molar-refractivity contribution is 7.87. The van der Waals surface area contributed by atoms with Gasteiger partial charge in [0.1, 0.15) is 0 Å². The second-order valence-corrected chi connectivity index (χ2v) is 6.18. The summed E-state index contributed by atoms with van der Waals surface area (Å²) in [4.78, 5) is 0. The predicted octanol–water partition coefficient (Wildman–Crippen LogP) is 0.324. The molecule has 0 aromatic carbocycles. The minimum absolute atomic E-state index is 0.0196. The van der Waals surface area contributed by atoms with Crippen LogP contribution in [-0.4, -0.2) is 43.6 Å². The van der Waals surface area contributed by atoms with Gasteiger partial charge in [-0.25, -0.2) is 0 Å². The Hall–Kier alpha value is -0.170. The van der Waals surface area contributed by atoms with E-state index in [1.807, 2.05) is 6.92 Å². The minimum Gasteiger partial charge on any atom is -0.389 e. The van der Waals surface area contributed by atoms with Crippen molar-refractivity contribution in [1.29, 1.82) is 0 Å². The topological polar surface area (TPSA) is 69.6 Å². The highest BCUT2D eigenvalue weighted by atomic mass is 32.2. The number of unbranched alkanes of at least 4 members (excludes halogenated alkanes) is 1. The normalized spacial score (nSPS) is 13.5. The second kappa shape index (κ2) is 5.79. The Morgan fingerprint density at radius 3 is 2.33 bits per heavy atom. The molecule has 0 amide bonds. The molecule has 0 atom stereocenters. The van der Waals surface area contributed by atoms with Gasteiger partial charge in [0.25, 0.3) is 10.2 Å². The van der Waals surface area contributed by atoms with Gasteiger partial charge in [0.05, 0.1) is 5.60 Å². The van der Waals surface area contributed by atoms with Crippen LogP contribution >= 0.6 is 0 Å². The zero-order valence-corrected chi connectivity index (χ0v) is 10.8. The first-order valence-corrected chi connectivity index (χ1v) is 6.56. The molecule has 5 nitrogen and oxygen atoms in total. The predicted molar refractivity (Wildman–Crippen MR) is 60.8 cm³/mol. The third-order valence-corrected chi connectivity index (χ3v) is 3.44. The fourth-order valence-corrected chi connectivity index (χ4v) is 2.00. The van der Waals surface area contributed by atoms with Gasteiger partial charge in [-0.05, 0) is 20.3 Å². The summed E-state index contributed by atoms with van der Waals surface area (Å²) in [5.74, 6) is 0. The molecule has 0 saturated heterocycles. The highest BCUT2D eigenvalue weighted by Crippen LogP contribution is 2.02. The molecule has 6 heteroatoms. The Morgan fingerprint density at radius 1 is 1.40 bits per heavy atom. The lowest BCUT2D eigenvalue weighted by molar-refractivity contribution is 0.0852. The van der Waals surface area contributed by atoms with E-state index in [1.165, 1.54) is 11.4 Å². The molecule has 92 valence electrons. The van der Waals surface area contributed by atoms with Crippen molar-refractivity contribution < 1.29 is 13.5 Å². The standard InChI is InChI=1S/C9H22N2O3S/c1-5-6-7-11(4)15(13,14)10-8-9(2,3)12/h10,12H,5-8H2,1-4H3. The third kappa shape index (κ3) is 6.83. The van der Waals surface area contributed by atoms with Crippen LogP contribution in [-0.2, 0) is 10.2 Å². The van der Waals surface area contributed by atoms with Crippen LogP contribution in [0.15, 0.2) is 0 Å². The third-order valence-electron chi connectivity index (χ3n) is 1.92. The molecule has 2 N–H and O–H groups in total. The maximum atomic E-state index is 11.6. The summed E-state index contributed by atoms with van der Waals surface area (Å²) < 4.78 is 26.8. The molecular formula is C9H22N2O3S. The average Bonchev–Trinajstić information content (AvgIpc) is 2.10. The molecule has 0 aliphatic heterocycles. The van der Waals surface area contributed by atoms with E-state index in [1.54, 1.807) is 13.8 Å². The maximum absolute atomic E-state index is 11.6. The summed E-state index contributed by atoms with van der Waals surface area (Å²) in [5, 5.41) is 9.39. The van der Waals surface area contributed by atoms with Crippen LogP contribution in [0, 0.1) is 0 Å². The molecule has 0 saturated carbocycles. The molecule has 0 bridgehead atoms. The van der Waals surface area contributed by atoms with E-state index in [0.29, 0.717) is 6.54 Å².